The van der Waals surface area contributed by atoms with Gasteiger partial charge in [0.05, 0.1) is 12.4 Å². The normalized spacial score (nSPS) is 10.6. The van der Waals surface area contributed by atoms with E-state index < -0.39 is 0 Å². The summed E-state index contributed by atoms with van der Waals surface area (Å²) in [5.41, 5.74) is 2.99. The van der Waals surface area contributed by atoms with Crippen molar-refractivity contribution in [2.24, 2.45) is 0 Å². The molecular weight excluding hydrogens is 282 g/mol. The largest absolute Gasteiger partial charge is 0.496 e. The van der Waals surface area contributed by atoms with Crippen molar-refractivity contribution in [3.8, 4) is 17.0 Å². The van der Waals surface area contributed by atoms with Gasteiger partial charge in [-0.15, -0.1) is 0 Å². The van der Waals surface area contributed by atoms with Crippen molar-refractivity contribution in [3.05, 3.63) is 35.4 Å². The van der Waals surface area contributed by atoms with Crippen molar-refractivity contribution in [1.29, 1.82) is 0 Å². The van der Waals surface area contributed by atoms with Crippen molar-refractivity contribution in [1.82, 2.24) is 4.98 Å². The third kappa shape index (κ3) is 2.36. The number of aryl methyl sites for hydroxylation is 2. The summed E-state index contributed by atoms with van der Waals surface area (Å²) in [6.45, 7) is 3.89. The zero-order chi connectivity index (χ0) is 12.4. The Morgan fingerprint density at radius 3 is 2.76 bits per heavy atom. The molecule has 2 aromatic rings. The summed E-state index contributed by atoms with van der Waals surface area (Å²) < 4.78 is 10.9. The molecule has 0 saturated carbocycles. The van der Waals surface area contributed by atoms with E-state index in [0.29, 0.717) is 11.2 Å². The molecule has 0 amide bonds. The van der Waals surface area contributed by atoms with Crippen LogP contribution >= 0.6 is 15.9 Å². The van der Waals surface area contributed by atoms with Crippen LogP contribution in [0.2, 0.25) is 0 Å². The Bertz CT molecular complexity index is 534. The molecule has 90 valence electrons. The Balaban J connectivity index is 2.61. The highest BCUT2D eigenvalue weighted by atomic mass is 79.9. The van der Waals surface area contributed by atoms with E-state index >= 15 is 0 Å². The van der Waals surface area contributed by atoms with Crippen LogP contribution in [0.5, 0.6) is 5.75 Å². The molecule has 0 atom stereocenters. The van der Waals surface area contributed by atoms with Crippen LogP contribution < -0.4 is 4.74 Å². The molecule has 17 heavy (non-hydrogen) atoms. The van der Waals surface area contributed by atoms with E-state index in [-0.39, 0.29) is 0 Å². The molecule has 0 aliphatic rings. The number of nitrogens with zero attached hydrogens (tertiary/aromatic N) is 1. The number of oxazole rings is 1. The Kier molecular flexibility index (Phi) is 3.52. The first-order chi connectivity index (χ1) is 8.15. The highest BCUT2D eigenvalue weighted by molar-refractivity contribution is 9.08. The molecule has 1 aromatic heterocycles. The van der Waals surface area contributed by atoms with Gasteiger partial charge in [-0.05, 0) is 19.1 Å². The van der Waals surface area contributed by atoms with Crippen LogP contribution in [0.1, 0.15) is 17.2 Å². The van der Waals surface area contributed by atoms with Crippen LogP contribution in [-0.4, -0.2) is 12.1 Å². The zero-order valence-electron chi connectivity index (χ0n) is 10.1. The second-order valence-electron chi connectivity index (χ2n) is 3.84. The SMILES string of the molecule is COc1ccc(C)cc1-c1nc(C)oc1CBr. The molecule has 0 bridgehead atoms. The van der Waals surface area contributed by atoms with Gasteiger partial charge in [0.2, 0.25) is 0 Å². The summed E-state index contributed by atoms with van der Waals surface area (Å²) in [4.78, 5) is 4.42. The van der Waals surface area contributed by atoms with E-state index in [1.54, 1.807) is 7.11 Å². The summed E-state index contributed by atoms with van der Waals surface area (Å²) in [5.74, 6) is 2.30. The number of hydrogen-bond donors (Lipinski definition) is 0. The van der Waals surface area contributed by atoms with E-state index in [9.17, 15) is 0 Å². The molecule has 4 heteroatoms. The summed E-state index contributed by atoms with van der Waals surface area (Å²) in [7, 11) is 1.66. The van der Waals surface area contributed by atoms with E-state index in [4.69, 9.17) is 9.15 Å². The smallest absolute Gasteiger partial charge is 0.191 e. The Morgan fingerprint density at radius 1 is 1.35 bits per heavy atom. The third-order valence-electron chi connectivity index (χ3n) is 2.54. The molecule has 0 aliphatic carbocycles. The van der Waals surface area contributed by atoms with E-state index in [1.807, 2.05) is 26.0 Å². The second kappa shape index (κ2) is 4.92. The maximum atomic E-state index is 5.54. The number of aromatic nitrogens is 1. The minimum absolute atomic E-state index is 0.639. The quantitative estimate of drug-likeness (QED) is 0.807. The fourth-order valence-electron chi connectivity index (χ4n) is 1.78. The number of rotatable bonds is 3. The van der Waals surface area contributed by atoms with Crippen molar-refractivity contribution >= 4 is 15.9 Å². The topological polar surface area (TPSA) is 35.3 Å². The van der Waals surface area contributed by atoms with Crippen LogP contribution in [-0.2, 0) is 5.33 Å². The van der Waals surface area contributed by atoms with Gasteiger partial charge in [0, 0.05) is 12.5 Å². The maximum absolute atomic E-state index is 5.54. The van der Waals surface area contributed by atoms with Crippen molar-refractivity contribution < 1.29 is 9.15 Å². The van der Waals surface area contributed by atoms with Crippen LogP contribution in [0.15, 0.2) is 22.6 Å². The van der Waals surface area contributed by atoms with E-state index in [1.165, 1.54) is 5.56 Å². The third-order valence-corrected chi connectivity index (χ3v) is 3.05. The molecule has 0 spiro atoms. The monoisotopic (exact) mass is 295 g/mol. The second-order valence-corrected chi connectivity index (χ2v) is 4.40. The lowest BCUT2D eigenvalue weighted by atomic mass is 10.1. The molecule has 1 aromatic carbocycles. The predicted molar refractivity (Wildman–Crippen MR) is 70.6 cm³/mol. The highest BCUT2D eigenvalue weighted by Gasteiger charge is 2.16. The lowest BCUT2D eigenvalue weighted by Crippen LogP contribution is -1.91. The number of hydrogen-bond acceptors (Lipinski definition) is 3. The number of benzene rings is 1. The number of ether oxygens (including phenoxy) is 1. The minimum atomic E-state index is 0.639. The van der Waals surface area contributed by atoms with Gasteiger partial charge in [0.25, 0.3) is 0 Å². The fourth-order valence-corrected chi connectivity index (χ4v) is 2.16. The van der Waals surface area contributed by atoms with Gasteiger partial charge in [-0.3, -0.25) is 0 Å². The predicted octanol–water partition coefficient (Wildman–Crippen LogP) is 3.86. The highest BCUT2D eigenvalue weighted by Crippen LogP contribution is 2.33. The fraction of sp³-hybridized carbons (Fsp3) is 0.308. The van der Waals surface area contributed by atoms with Gasteiger partial charge in [-0.1, -0.05) is 27.6 Å². The van der Waals surface area contributed by atoms with Gasteiger partial charge in [0.1, 0.15) is 17.2 Å². The first kappa shape index (κ1) is 12.2. The number of alkyl halides is 1. The summed E-state index contributed by atoms with van der Waals surface area (Å²) in [6, 6.07) is 6.03. The minimum Gasteiger partial charge on any atom is -0.496 e. The molecule has 2 rings (SSSR count). The van der Waals surface area contributed by atoms with Gasteiger partial charge in [-0.2, -0.15) is 0 Å². The first-order valence-corrected chi connectivity index (χ1v) is 6.45. The molecule has 0 aliphatic heterocycles. The first-order valence-electron chi connectivity index (χ1n) is 5.33. The molecule has 0 N–H and O–H groups in total. The summed E-state index contributed by atoms with van der Waals surface area (Å²) in [5, 5.41) is 0.639. The molecule has 0 fully saturated rings. The van der Waals surface area contributed by atoms with Gasteiger partial charge in [-0.25, -0.2) is 4.98 Å². The molecule has 0 unspecified atom stereocenters. The molecule has 1 heterocycles. The summed E-state index contributed by atoms with van der Waals surface area (Å²) >= 11 is 3.41. The zero-order valence-corrected chi connectivity index (χ0v) is 11.7. The van der Waals surface area contributed by atoms with Crippen LogP contribution in [0.3, 0.4) is 0 Å². The number of methoxy groups -OCH3 is 1. The average Bonchev–Trinajstić information content (AvgIpc) is 2.70. The lowest BCUT2D eigenvalue weighted by Gasteiger charge is -2.07. The number of halogens is 1. The molecule has 0 saturated heterocycles. The van der Waals surface area contributed by atoms with Gasteiger partial charge >= 0.3 is 0 Å². The Morgan fingerprint density at radius 2 is 2.12 bits per heavy atom. The Labute approximate surface area is 109 Å². The van der Waals surface area contributed by atoms with E-state index in [2.05, 4.69) is 27.0 Å². The lowest BCUT2D eigenvalue weighted by molar-refractivity contribution is 0.416. The molecular formula is C13H14BrNO2. The van der Waals surface area contributed by atoms with Gasteiger partial charge in [0.15, 0.2) is 5.89 Å². The molecule has 3 nitrogen and oxygen atoms in total. The summed E-state index contributed by atoms with van der Waals surface area (Å²) in [6.07, 6.45) is 0. The van der Waals surface area contributed by atoms with Crippen LogP contribution in [0, 0.1) is 13.8 Å². The standard InChI is InChI=1S/C13H14BrNO2/c1-8-4-5-11(16-3)10(6-8)13-12(7-14)17-9(2)15-13/h4-6H,7H2,1-3H3. The maximum Gasteiger partial charge on any atom is 0.191 e. The Hall–Kier alpha value is -1.29. The van der Waals surface area contributed by atoms with E-state index in [0.717, 1.165) is 22.8 Å². The van der Waals surface area contributed by atoms with Crippen molar-refractivity contribution in [2.75, 3.05) is 7.11 Å². The van der Waals surface area contributed by atoms with Crippen LogP contribution in [0.25, 0.3) is 11.3 Å². The van der Waals surface area contributed by atoms with Gasteiger partial charge < -0.3 is 9.15 Å². The average molecular weight is 296 g/mol. The van der Waals surface area contributed by atoms with Crippen molar-refractivity contribution in [3.63, 3.8) is 0 Å². The van der Waals surface area contributed by atoms with Crippen molar-refractivity contribution in [2.45, 2.75) is 19.2 Å². The van der Waals surface area contributed by atoms with Crippen LogP contribution in [0.4, 0.5) is 0 Å². The molecule has 0 radical (unpaired) electrons.